The van der Waals surface area contributed by atoms with E-state index in [9.17, 15) is 0 Å². The summed E-state index contributed by atoms with van der Waals surface area (Å²) in [6.07, 6.45) is 5.49. The van der Waals surface area contributed by atoms with Crippen LogP contribution in [0.4, 0.5) is 0 Å². The van der Waals surface area contributed by atoms with Gasteiger partial charge in [-0.25, -0.2) is 0 Å². The number of rotatable bonds is 4. The Morgan fingerprint density at radius 3 is 2.10 bits per heavy atom. The molecular weight excluding hydrogens is 142 g/mol. The van der Waals surface area contributed by atoms with Crippen LogP contribution in [0.2, 0.25) is 0 Å². The second-order valence-electron chi connectivity index (χ2n) is 1.97. The number of thiol groups is 1. The van der Waals surface area contributed by atoms with E-state index in [2.05, 4.69) is 26.1 Å². The molecule has 0 aromatic carbocycles. The predicted molar refractivity (Wildman–Crippen MR) is 52.6 cm³/mol. The summed E-state index contributed by atoms with van der Waals surface area (Å²) in [5, 5.41) is 0. The van der Waals surface area contributed by atoms with E-state index in [4.69, 9.17) is 5.73 Å². The summed E-state index contributed by atoms with van der Waals surface area (Å²) in [7, 11) is 0. The molecule has 0 fully saturated rings. The standard InChI is InChI=1S/C5H13N.C3H6S/c1-2-3-4-5-6;1-2-3-4/h2-6H2,1H3;2,4H,1,3H2. The summed E-state index contributed by atoms with van der Waals surface area (Å²) in [4.78, 5) is 0. The zero-order valence-electron chi connectivity index (χ0n) is 6.84. The lowest BCUT2D eigenvalue weighted by molar-refractivity contribution is 0.727. The first-order valence-corrected chi connectivity index (χ1v) is 4.38. The molecule has 2 heteroatoms. The molecule has 0 bridgehead atoms. The molecule has 0 saturated heterocycles. The SMILES string of the molecule is C=CCS.CCCCCN. The lowest BCUT2D eigenvalue weighted by atomic mass is 10.3. The lowest BCUT2D eigenvalue weighted by Crippen LogP contribution is -1.96. The third-order valence-electron chi connectivity index (χ3n) is 0.937. The van der Waals surface area contributed by atoms with Gasteiger partial charge < -0.3 is 5.73 Å². The van der Waals surface area contributed by atoms with Crippen LogP contribution in [-0.4, -0.2) is 12.3 Å². The van der Waals surface area contributed by atoms with E-state index in [0.717, 1.165) is 12.3 Å². The fraction of sp³-hybridized carbons (Fsp3) is 0.750. The molecule has 0 radical (unpaired) electrons. The highest BCUT2D eigenvalue weighted by Gasteiger charge is 1.75. The van der Waals surface area contributed by atoms with Gasteiger partial charge in [-0.05, 0) is 13.0 Å². The normalized spacial score (nSPS) is 7.90. The largest absolute Gasteiger partial charge is 0.330 e. The Bertz CT molecular complexity index is 51.2. The van der Waals surface area contributed by atoms with Crippen molar-refractivity contribution in [2.45, 2.75) is 26.2 Å². The number of nitrogens with two attached hydrogens (primary N) is 1. The summed E-state index contributed by atoms with van der Waals surface area (Å²) < 4.78 is 0. The maximum absolute atomic E-state index is 5.21. The Balaban J connectivity index is 0. The summed E-state index contributed by atoms with van der Waals surface area (Å²) in [6.45, 7) is 6.43. The van der Waals surface area contributed by atoms with Crippen molar-refractivity contribution in [2.24, 2.45) is 5.73 Å². The molecule has 2 N–H and O–H groups in total. The van der Waals surface area contributed by atoms with Crippen LogP contribution in [0.5, 0.6) is 0 Å². The number of hydrogen-bond acceptors (Lipinski definition) is 2. The Labute approximate surface area is 70.1 Å². The Morgan fingerprint density at radius 2 is 2.00 bits per heavy atom. The van der Waals surface area contributed by atoms with E-state index in [1.807, 2.05) is 0 Å². The molecule has 10 heavy (non-hydrogen) atoms. The van der Waals surface area contributed by atoms with Crippen LogP contribution in [-0.2, 0) is 0 Å². The Kier molecular flexibility index (Phi) is 20.4. The lowest BCUT2D eigenvalue weighted by Gasteiger charge is -1.86. The molecule has 0 spiro atoms. The van der Waals surface area contributed by atoms with Crippen LogP contribution in [0.3, 0.4) is 0 Å². The first-order valence-electron chi connectivity index (χ1n) is 3.75. The Morgan fingerprint density at radius 1 is 1.50 bits per heavy atom. The topological polar surface area (TPSA) is 26.0 Å². The molecule has 0 aliphatic rings. The van der Waals surface area contributed by atoms with E-state index in [0.29, 0.717) is 0 Å². The van der Waals surface area contributed by atoms with Gasteiger partial charge in [0.15, 0.2) is 0 Å². The van der Waals surface area contributed by atoms with Crippen molar-refractivity contribution >= 4 is 12.6 Å². The number of unbranched alkanes of at least 4 members (excludes halogenated alkanes) is 2. The van der Waals surface area contributed by atoms with Crippen molar-refractivity contribution < 1.29 is 0 Å². The van der Waals surface area contributed by atoms with Crippen molar-refractivity contribution in [1.82, 2.24) is 0 Å². The van der Waals surface area contributed by atoms with E-state index in [1.165, 1.54) is 19.3 Å². The van der Waals surface area contributed by atoms with Crippen LogP contribution in [0.15, 0.2) is 12.7 Å². The zero-order valence-corrected chi connectivity index (χ0v) is 7.74. The van der Waals surface area contributed by atoms with Crippen molar-refractivity contribution in [1.29, 1.82) is 0 Å². The van der Waals surface area contributed by atoms with Crippen LogP contribution >= 0.6 is 12.6 Å². The molecule has 0 saturated carbocycles. The summed E-state index contributed by atoms with van der Waals surface area (Å²) in [6, 6.07) is 0. The van der Waals surface area contributed by atoms with Gasteiger partial charge in [0.05, 0.1) is 0 Å². The molecule has 62 valence electrons. The average molecular weight is 161 g/mol. The highest BCUT2D eigenvalue weighted by atomic mass is 32.1. The molecule has 0 atom stereocenters. The van der Waals surface area contributed by atoms with Crippen LogP contribution in [0.25, 0.3) is 0 Å². The fourth-order valence-corrected chi connectivity index (χ4v) is 0.394. The van der Waals surface area contributed by atoms with Crippen LogP contribution in [0, 0.1) is 0 Å². The predicted octanol–water partition coefficient (Wildman–Crippen LogP) is 2.24. The van der Waals surface area contributed by atoms with Gasteiger partial charge in [-0.3, -0.25) is 0 Å². The molecular formula is C8H19NS. The molecule has 0 aliphatic carbocycles. The van der Waals surface area contributed by atoms with E-state index >= 15 is 0 Å². The van der Waals surface area contributed by atoms with Crippen molar-refractivity contribution in [3.05, 3.63) is 12.7 Å². The molecule has 0 aliphatic heterocycles. The molecule has 0 amide bonds. The Hall–Kier alpha value is 0.0500. The molecule has 0 aromatic rings. The van der Waals surface area contributed by atoms with Gasteiger partial charge in [0.1, 0.15) is 0 Å². The van der Waals surface area contributed by atoms with E-state index in [1.54, 1.807) is 6.08 Å². The third-order valence-corrected chi connectivity index (χ3v) is 1.19. The average Bonchev–Trinajstić information content (AvgIpc) is 2.01. The monoisotopic (exact) mass is 161 g/mol. The second kappa shape index (κ2) is 16.0. The van der Waals surface area contributed by atoms with Crippen molar-refractivity contribution in [3.63, 3.8) is 0 Å². The van der Waals surface area contributed by atoms with Crippen LogP contribution in [0.1, 0.15) is 26.2 Å². The van der Waals surface area contributed by atoms with Gasteiger partial charge in [0, 0.05) is 5.75 Å². The van der Waals surface area contributed by atoms with Gasteiger partial charge in [-0.15, -0.1) is 6.58 Å². The summed E-state index contributed by atoms with van der Waals surface area (Å²) in [5.74, 6) is 0.778. The zero-order chi connectivity index (χ0) is 8.24. The van der Waals surface area contributed by atoms with Gasteiger partial charge in [0.2, 0.25) is 0 Å². The highest BCUT2D eigenvalue weighted by molar-refractivity contribution is 7.80. The van der Waals surface area contributed by atoms with Crippen molar-refractivity contribution in [2.75, 3.05) is 12.3 Å². The summed E-state index contributed by atoms with van der Waals surface area (Å²) >= 11 is 3.80. The summed E-state index contributed by atoms with van der Waals surface area (Å²) in [5.41, 5.74) is 5.21. The molecule has 0 unspecified atom stereocenters. The maximum atomic E-state index is 5.21. The molecule has 0 heterocycles. The molecule has 1 nitrogen and oxygen atoms in total. The van der Waals surface area contributed by atoms with Gasteiger partial charge in [0.25, 0.3) is 0 Å². The fourth-order valence-electron chi connectivity index (χ4n) is 0.394. The van der Waals surface area contributed by atoms with Crippen LogP contribution < -0.4 is 5.73 Å². The highest BCUT2D eigenvalue weighted by Crippen LogP contribution is 1.88. The molecule has 0 rings (SSSR count). The van der Waals surface area contributed by atoms with Gasteiger partial charge in [-0.1, -0.05) is 25.8 Å². The minimum atomic E-state index is 0.778. The first kappa shape index (κ1) is 12.7. The van der Waals surface area contributed by atoms with Crippen molar-refractivity contribution in [3.8, 4) is 0 Å². The second-order valence-corrected chi connectivity index (χ2v) is 2.33. The van der Waals surface area contributed by atoms with E-state index < -0.39 is 0 Å². The maximum Gasteiger partial charge on any atom is 0.00799 e. The van der Waals surface area contributed by atoms with Gasteiger partial charge >= 0.3 is 0 Å². The van der Waals surface area contributed by atoms with Gasteiger partial charge in [-0.2, -0.15) is 12.6 Å². The smallest absolute Gasteiger partial charge is 0.00799 e. The minimum absolute atomic E-state index is 0.778. The first-order chi connectivity index (χ1) is 4.83. The van der Waals surface area contributed by atoms with E-state index in [-0.39, 0.29) is 0 Å². The minimum Gasteiger partial charge on any atom is -0.330 e. The molecule has 0 aromatic heterocycles. The quantitative estimate of drug-likeness (QED) is 0.369. The third kappa shape index (κ3) is 24.4. The number of hydrogen-bond donors (Lipinski definition) is 2.